The molecule has 1 aromatic heterocycles. The summed E-state index contributed by atoms with van der Waals surface area (Å²) < 4.78 is 0. The molecule has 0 amide bonds. The zero-order valence-corrected chi connectivity index (χ0v) is 11.1. The Kier molecular flexibility index (Phi) is 3.97. The molecule has 0 aliphatic heterocycles. The van der Waals surface area contributed by atoms with E-state index in [1.54, 1.807) is 24.4 Å². The molecule has 0 radical (unpaired) electrons. The molecule has 2 N–H and O–H groups in total. The molecular weight excluding hydrogens is 242 g/mol. The van der Waals surface area contributed by atoms with Crippen molar-refractivity contribution in [3.63, 3.8) is 0 Å². The van der Waals surface area contributed by atoms with Gasteiger partial charge in [-0.2, -0.15) is 0 Å². The van der Waals surface area contributed by atoms with E-state index >= 15 is 0 Å². The van der Waals surface area contributed by atoms with Gasteiger partial charge in [0.15, 0.2) is 0 Å². The van der Waals surface area contributed by atoms with Crippen LogP contribution in [0, 0.1) is 0 Å². The van der Waals surface area contributed by atoms with Gasteiger partial charge in [-0.1, -0.05) is 18.2 Å². The van der Waals surface area contributed by atoms with Crippen molar-refractivity contribution in [3.8, 4) is 5.88 Å². The number of aromatic nitrogens is 1. The van der Waals surface area contributed by atoms with Gasteiger partial charge in [0.25, 0.3) is 5.56 Å². The number of fused-ring (bicyclic) bond motifs is 1. The summed E-state index contributed by atoms with van der Waals surface area (Å²) in [7, 11) is 3.95. The lowest BCUT2D eigenvalue weighted by Gasteiger charge is -2.06. The second-order valence-corrected chi connectivity index (χ2v) is 4.60. The smallest absolute Gasteiger partial charge is 0.258 e. The molecule has 2 rings (SSSR count). The molecule has 0 aliphatic rings. The van der Waals surface area contributed by atoms with Crippen molar-refractivity contribution < 1.29 is 5.11 Å². The van der Waals surface area contributed by atoms with E-state index in [2.05, 4.69) is 9.98 Å². The molecule has 0 fully saturated rings. The molecule has 1 heterocycles. The largest absolute Gasteiger partial charge is 0.494 e. The second-order valence-electron chi connectivity index (χ2n) is 4.60. The Labute approximate surface area is 111 Å². The Balaban J connectivity index is 2.40. The maximum Gasteiger partial charge on any atom is 0.258 e. The number of nitrogens with zero attached hydrogens (tertiary/aromatic N) is 2. The summed E-state index contributed by atoms with van der Waals surface area (Å²) in [6.45, 7) is 1.47. The molecule has 2 aromatic rings. The highest BCUT2D eigenvalue weighted by Gasteiger charge is 2.07. The van der Waals surface area contributed by atoms with Gasteiger partial charge in [-0.15, -0.1) is 0 Å². The topological polar surface area (TPSA) is 68.7 Å². The number of likely N-dealkylation sites (N-methyl/N-ethyl adjacent to an activating group) is 1. The quantitative estimate of drug-likeness (QED) is 0.811. The summed E-state index contributed by atoms with van der Waals surface area (Å²) >= 11 is 0. The third kappa shape index (κ3) is 3.00. The molecule has 0 saturated carbocycles. The summed E-state index contributed by atoms with van der Waals surface area (Å²) in [5.41, 5.74) is 0.257. The third-order valence-electron chi connectivity index (χ3n) is 2.85. The zero-order valence-electron chi connectivity index (χ0n) is 11.1. The predicted molar refractivity (Wildman–Crippen MR) is 77.2 cm³/mol. The monoisotopic (exact) mass is 259 g/mol. The van der Waals surface area contributed by atoms with E-state index in [0.717, 1.165) is 6.54 Å². The lowest BCUT2D eigenvalue weighted by atomic mass is 10.1. The fourth-order valence-corrected chi connectivity index (χ4v) is 1.83. The Morgan fingerprint density at radius 3 is 2.68 bits per heavy atom. The molecule has 0 aliphatic carbocycles. The van der Waals surface area contributed by atoms with Crippen LogP contribution in [-0.4, -0.2) is 48.4 Å². The molecule has 100 valence electrons. The average molecular weight is 259 g/mol. The van der Waals surface area contributed by atoms with Gasteiger partial charge in [-0.05, 0) is 20.2 Å². The molecule has 5 heteroatoms. The number of aromatic amines is 1. The first kappa shape index (κ1) is 13.3. The molecule has 0 saturated heterocycles. The van der Waals surface area contributed by atoms with Crippen molar-refractivity contribution >= 4 is 17.0 Å². The second kappa shape index (κ2) is 5.67. The average Bonchev–Trinajstić information content (AvgIpc) is 2.37. The predicted octanol–water partition coefficient (Wildman–Crippen LogP) is 1.21. The van der Waals surface area contributed by atoms with E-state index in [1.165, 1.54) is 0 Å². The molecule has 0 unspecified atom stereocenters. The van der Waals surface area contributed by atoms with E-state index in [9.17, 15) is 9.90 Å². The molecule has 0 bridgehead atoms. The highest BCUT2D eigenvalue weighted by Crippen LogP contribution is 2.19. The van der Waals surface area contributed by atoms with Gasteiger partial charge < -0.3 is 10.0 Å². The minimum atomic E-state index is -0.293. The number of H-pyrrole nitrogens is 1. The highest BCUT2D eigenvalue weighted by molar-refractivity contribution is 6.01. The summed E-state index contributed by atoms with van der Waals surface area (Å²) in [6, 6.07) is 7.16. The normalized spacial score (nSPS) is 11.7. The Morgan fingerprint density at radius 1 is 1.32 bits per heavy atom. The lowest BCUT2D eigenvalue weighted by molar-refractivity contribution is 0.420. The zero-order chi connectivity index (χ0) is 13.8. The van der Waals surface area contributed by atoms with E-state index in [1.807, 2.05) is 25.1 Å². The third-order valence-corrected chi connectivity index (χ3v) is 2.85. The Bertz CT molecular complexity index is 659. The van der Waals surface area contributed by atoms with E-state index in [4.69, 9.17) is 0 Å². The minimum Gasteiger partial charge on any atom is -0.494 e. The molecular formula is C14H17N3O2. The SMILES string of the molecule is CN(C)CCN=Cc1c(O)[nH]c(=O)c2ccccc12. The molecule has 19 heavy (non-hydrogen) atoms. The van der Waals surface area contributed by atoms with Gasteiger partial charge in [0.2, 0.25) is 5.88 Å². The summed E-state index contributed by atoms with van der Waals surface area (Å²) in [5, 5.41) is 11.1. The summed E-state index contributed by atoms with van der Waals surface area (Å²) in [4.78, 5) is 20.4. The highest BCUT2D eigenvalue weighted by atomic mass is 16.3. The Morgan fingerprint density at radius 2 is 2.00 bits per heavy atom. The van der Waals surface area contributed by atoms with Crippen LogP contribution in [0.25, 0.3) is 10.8 Å². The summed E-state index contributed by atoms with van der Waals surface area (Å²) in [6.07, 6.45) is 1.61. The van der Waals surface area contributed by atoms with Gasteiger partial charge in [0.1, 0.15) is 0 Å². The van der Waals surface area contributed by atoms with Crippen molar-refractivity contribution in [2.45, 2.75) is 0 Å². The fourth-order valence-electron chi connectivity index (χ4n) is 1.83. The van der Waals surface area contributed by atoms with Crippen LogP contribution in [-0.2, 0) is 0 Å². The van der Waals surface area contributed by atoms with Gasteiger partial charge in [0.05, 0.1) is 12.1 Å². The van der Waals surface area contributed by atoms with Crippen LogP contribution in [0.4, 0.5) is 0 Å². The van der Waals surface area contributed by atoms with Crippen molar-refractivity contribution in [1.82, 2.24) is 9.88 Å². The van der Waals surface area contributed by atoms with Crippen molar-refractivity contribution in [2.75, 3.05) is 27.2 Å². The van der Waals surface area contributed by atoms with Crippen molar-refractivity contribution in [1.29, 1.82) is 0 Å². The van der Waals surface area contributed by atoms with Gasteiger partial charge >= 0.3 is 0 Å². The van der Waals surface area contributed by atoms with Gasteiger partial charge in [-0.3, -0.25) is 14.8 Å². The molecule has 5 nitrogen and oxygen atoms in total. The number of benzene rings is 1. The van der Waals surface area contributed by atoms with Crippen LogP contribution >= 0.6 is 0 Å². The van der Waals surface area contributed by atoms with Crippen LogP contribution in [0.5, 0.6) is 5.88 Å². The number of nitrogens with one attached hydrogen (secondary N) is 1. The standard InChI is InChI=1S/C14H17N3O2/c1-17(2)8-7-15-9-12-10-5-3-4-6-11(10)13(18)16-14(12)19/h3-6,9H,7-8H2,1-2H3,(H2,16,18,19). The number of hydrogen-bond acceptors (Lipinski definition) is 4. The van der Waals surface area contributed by atoms with Crippen LogP contribution < -0.4 is 5.56 Å². The number of pyridine rings is 1. The number of aromatic hydroxyl groups is 1. The van der Waals surface area contributed by atoms with Crippen LogP contribution in [0.3, 0.4) is 0 Å². The minimum absolute atomic E-state index is 0.141. The van der Waals surface area contributed by atoms with Gasteiger partial charge in [-0.25, -0.2) is 0 Å². The first-order valence-electron chi connectivity index (χ1n) is 6.08. The maximum absolute atomic E-state index is 11.7. The number of aliphatic imine (C=N–C) groups is 1. The Hall–Kier alpha value is -2.14. The van der Waals surface area contributed by atoms with E-state index in [0.29, 0.717) is 22.9 Å². The summed E-state index contributed by atoms with van der Waals surface area (Å²) in [5.74, 6) is -0.141. The fraction of sp³-hybridized carbons (Fsp3) is 0.286. The van der Waals surface area contributed by atoms with Gasteiger partial charge in [0, 0.05) is 23.5 Å². The van der Waals surface area contributed by atoms with Crippen LogP contribution in [0.15, 0.2) is 34.1 Å². The van der Waals surface area contributed by atoms with E-state index in [-0.39, 0.29) is 11.4 Å². The van der Waals surface area contributed by atoms with Crippen molar-refractivity contribution in [2.24, 2.45) is 4.99 Å². The number of rotatable bonds is 4. The number of hydrogen-bond donors (Lipinski definition) is 2. The van der Waals surface area contributed by atoms with Crippen LogP contribution in [0.1, 0.15) is 5.56 Å². The first-order chi connectivity index (χ1) is 9.09. The molecule has 1 aromatic carbocycles. The maximum atomic E-state index is 11.7. The van der Waals surface area contributed by atoms with Crippen LogP contribution in [0.2, 0.25) is 0 Å². The van der Waals surface area contributed by atoms with E-state index < -0.39 is 0 Å². The molecule has 0 atom stereocenters. The lowest BCUT2D eigenvalue weighted by Crippen LogP contribution is -2.15. The van der Waals surface area contributed by atoms with Crippen molar-refractivity contribution in [3.05, 3.63) is 40.2 Å². The first-order valence-corrected chi connectivity index (χ1v) is 6.08. The molecule has 0 spiro atoms.